The molecule has 0 aliphatic carbocycles. The summed E-state index contributed by atoms with van der Waals surface area (Å²) in [6.07, 6.45) is 4.49. The number of halogens is 1. The fourth-order valence-corrected chi connectivity index (χ4v) is 5.99. The molecule has 28 heavy (non-hydrogen) atoms. The van der Waals surface area contributed by atoms with Gasteiger partial charge in [0.15, 0.2) is 0 Å². The fraction of sp³-hybridized carbons (Fsp3) is 0.263. The Labute approximate surface area is 167 Å². The van der Waals surface area contributed by atoms with E-state index in [1.807, 2.05) is 0 Å². The van der Waals surface area contributed by atoms with Crippen LogP contribution in [-0.2, 0) is 10.0 Å². The van der Waals surface area contributed by atoms with Gasteiger partial charge in [0, 0.05) is 25.0 Å². The average Bonchev–Trinajstić information content (AvgIpc) is 3.22. The predicted octanol–water partition coefficient (Wildman–Crippen LogP) is 4.26. The molecule has 146 valence electrons. The molecule has 1 fully saturated rings. The summed E-state index contributed by atoms with van der Waals surface area (Å²) in [6.45, 7) is 1.16. The van der Waals surface area contributed by atoms with Gasteiger partial charge in [0.05, 0.1) is 10.6 Å². The summed E-state index contributed by atoms with van der Waals surface area (Å²) in [4.78, 5) is 9.38. The van der Waals surface area contributed by atoms with Crippen LogP contribution in [0.3, 0.4) is 0 Å². The van der Waals surface area contributed by atoms with Gasteiger partial charge in [-0.15, -0.1) is 11.3 Å². The number of sulfonamides is 1. The van der Waals surface area contributed by atoms with Gasteiger partial charge in [-0.05, 0) is 55.3 Å². The van der Waals surface area contributed by atoms with Gasteiger partial charge in [-0.25, -0.2) is 22.8 Å². The first-order chi connectivity index (χ1) is 13.5. The van der Waals surface area contributed by atoms with Crippen LogP contribution < -0.4 is 5.32 Å². The van der Waals surface area contributed by atoms with E-state index >= 15 is 0 Å². The summed E-state index contributed by atoms with van der Waals surface area (Å²) in [5, 5.41) is 3.02. The van der Waals surface area contributed by atoms with E-state index in [1.54, 1.807) is 40.8 Å². The van der Waals surface area contributed by atoms with E-state index in [-0.39, 0.29) is 5.82 Å². The standard InChI is InChI=1S/C19H19FN4O2S2/c20-14-4-6-15(7-5-14)22-19-21-11-10-16(23-19)17-8-9-18(27-17)28(25,26)24-12-2-1-3-13-24/h4-11H,1-3,12-13H2,(H,21,22,23). The van der Waals surface area contributed by atoms with Crippen molar-refractivity contribution in [2.75, 3.05) is 18.4 Å². The third-order valence-electron chi connectivity index (χ3n) is 4.50. The van der Waals surface area contributed by atoms with Gasteiger partial charge in [0.2, 0.25) is 5.95 Å². The van der Waals surface area contributed by atoms with E-state index < -0.39 is 10.0 Å². The summed E-state index contributed by atoms with van der Waals surface area (Å²) in [6, 6.07) is 11.0. The molecule has 1 N–H and O–H groups in total. The lowest BCUT2D eigenvalue weighted by molar-refractivity contribution is 0.347. The highest BCUT2D eigenvalue weighted by Gasteiger charge is 2.27. The van der Waals surface area contributed by atoms with Crippen molar-refractivity contribution in [2.24, 2.45) is 0 Å². The lowest BCUT2D eigenvalue weighted by Gasteiger charge is -2.25. The first-order valence-electron chi connectivity index (χ1n) is 8.98. The second-order valence-corrected chi connectivity index (χ2v) is 9.73. The molecule has 1 aliphatic rings. The van der Waals surface area contributed by atoms with Crippen molar-refractivity contribution in [1.82, 2.24) is 14.3 Å². The number of aromatic nitrogens is 2. The minimum atomic E-state index is -3.45. The SMILES string of the molecule is O=S(=O)(c1ccc(-c2ccnc(Nc3ccc(F)cc3)n2)s1)N1CCCCC1. The molecule has 0 radical (unpaired) electrons. The molecule has 6 nitrogen and oxygen atoms in total. The van der Waals surface area contributed by atoms with Crippen LogP contribution in [0.25, 0.3) is 10.6 Å². The first kappa shape index (κ1) is 19.0. The number of rotatable bonds is 5. The third-order valence-corrected chi connectivity index (χ3v) is 7.97. The van der Waals surface area contributed by atoms with Gasteiger partial charge >= 0.3 is 0 Å². The highest BCUT2D eigenvalue weighted by molar-refractivity contribution is 7.91. The number of hydrogen-bond acceptors (Lipinski definition) is 6. The van der Waals surface area contributed by atoms with Gasteiger partial charge in [0.25, 0.3) is 10.0 Å². The van der Waals surface area contributed by atoms with E-state index in [2.05, 4.69) is 15.3 Å². The van der Waals surface area contributed by atoms with Gasteiger partial charge in [-0.2, -0.15) is 4.31 Å². The Bertz CT molecular complexity index is 1060. The molecule has 4 rings (SSSR count). The number of benzene rings is 1. The van der Waals surface area contributed by atoms with Gasteiger partial charge in [-0.3, -0.25) is 0 Å². The Morgan fingerprint density at radius 2 is 1.75 bits per heavy atom. The number of piperidine rings is 1. The monoisotopic (exact) mass is 418 g/mol. The molecule has 9 heteroatoms. The van der Waals surface area contributed by atoms with E-state index in [1.165, 1.54) is 23.5 Å². The van der Waals surface area contributed by atoms with E-state index in [0.29, 0.717) is 34.6 Å². The maximum atomic E-state index is 13.0. The minimum Gasteiger partial charge on any atom is -0.324 e. The van der Waals surface area contributed by atoms with Crippen molar-refractivity contribution >= 4 is 33.0 Å². The van der Waals surface area contributed by atoms with Crippen molar-refractivity contribution in [3.05, 3.63) is 54.5 Å². The number of anilines is 2. The van der Waals surface area contributed by atoms with E-state index in [4.69, 9.17) is 0 Å². The third kappa shape index (κ3) is 4.06. The number of thiophene rings is 1. The Balaban J connectivity index is 1.56. The molecule has 1 aromatic carbocycles. The number of nitrogens with one attached hydrogen (secondary N) is 1. The first-order valence-corrected chi connectivity index (χ1v) is 11.2. The second kappa shape index (κ2) is 7.94. The lowest BCUT2D eigenvalue weighted by atomic mass is 10.2. The normalized spacial score (nSPS) is 15.5. The van der Waals surface area contributed by atoms with Gasteiger partial charge < -0.3 is 5.32 Å². The second-order valence-electron chi connectivity index (χ2n) is 6.48. The Hall–Kier alpha value is -2.36. The van der Waals surface area contributed by atoms with Crippen LogP contribution in [-0.4, -0.2) is 35.8 Å². The predicted molar refractivity (Wildman–Crippen MR) is 108 cm³/mol. The highest BCUT2D eigenvalue weighted by atomic mass is 32.2. The van der Waals surface area contributed by atoms with Crippen LogP contribution in [0.15, 0.2) is 52.9 Å². The molecule has 0 unspecified atom stereocenters. The Morgan fingerprint density at radius 3 is 2.50 bits per heavy atom. The van der Waals surface area contributed by atoms with Crippen LogP contribution in [0.4, 0.5) is 16.0 Å². The lowest BCUT2D eigenvalue weighted by Crippen LogP contribution is -2.35. The maximum absolute atomic E-state index is 13.0. The molecule has 0 amide bonds. The van der Waals surface area contributed by atoms with Crippen molar-refractivity contribution in [2.45, 2.75) is 23.5 Å². The summed E-state index contributed by atoms with van der Waals surface area (Å²) in [7, 11) is -3.45. The van der Waals surface area contributed by atoms with E-state index in [0.717, 1.165) is 24.1 Å². The average molecular weight is 419 g/mol. The highest BCUT2D eigenvalue weighted by Crippen LogP contribution is 2.32. The summed E-state index contributed by atoms with van der Waals surface area (Å²) < 4.78 is 40.6. The zero-order valence-electron chi connectivity index (χ0n) is 15.0. The molecule has 0 atom stereocenters. The minimum absolute atomic E-state index is 0.318. The topological polar surface area (TPSA) is 75.2 Å². The molecular formula is C19H19FN4O2S2. The largest absolute Gasteiger partial charge is 0.324 e. The molecular weight excluding hydrogens is 399 g/mol. The summed E-state index contributed by atoms with van der Waals surface area (Å²) in [5.74, 6) is 0.0409. The quantitative estimate of drug-likeness (QED) is 0.670. The van der Waals surface area contributed by atoms with Crippen LogP contribution in [0.1, 0.15) is 19.3 Å². The summed E-state index contributed by atoms with van der Waals surface area (Å²) >= 11 is 1.21. The molecule has 0 saturated carbocycles. The summed E-state index contributed by atoms with van der Waals surface area (Å²) in [5.41, 5.74) is 1.29. The van der Waals surface area contributed by atoms with E-state index in [9.17, 15) is 12.8 Å². The van der Waals surface area contributed by atoms with Crippen LogP contribution >= 0.6 is 11.3 Å². The van der Waals surface area contributed by atoms with Crippen molar-refractivity contribution < 1.29 is 12.8 Å². The van der Waals surface area contributed by atoms with Crippen molar-refractivity contribution in [3.8, 4) is 10.6 Å². The van der Waals surface area contributed by atoms with Crippen LogP contribution in [0.5, 0.6) is 0 Å². The maximum Gasteiger partial charge on any atom is 0.252 e. The zero-order chi connectivity index (χ0) is 19.6. The smallest absolute Gasteiger partial charge is 0.252 e. The van der Waals surface area contributed by atoms with Gasteiger partial charge in [-0.1, -0.05) is 6.42 Å². The molecule has 1 aliphatic heterocycles. The van der Waals surface area contributed by atoms with Crippen LogP contribution in [0, 0.1) is 5.82 Å². The molecule has 1 saturated heterocycles. The zero-order valence-corrected chi connectivity index (χ0v) is 16.6. The number of nitrogens with zero attached hydrogens (tertiary/aromatic N) is 3. The Kier molecular flexibility index (Phi) is 5.38. The molecule has 3 heterocycles. The van der Waals surface area contributed by atoms with Crippen molar-refractivity contribution in [1.29, 1.82) is 0 Å². The van der Waals surface area contributed by atoms with Gasteiger partial charge in [0.1, 0.15) is 10.0 Å². The Morgan fingerprint density at radius 1 is 1.00 bits per heavy atom. The molecule has 0 spiro atoms. The molecule has 2 aromatic heterocycles. The molecule has 0 bridgehead atoms. The number of hydrogen-bond donors (Lipinski definition) is 1. The fourth-order valence-electron chi connectivity index (χ4n) is 3.05. The molecule has 3 aromatic rings. The van der Waals surface area contributed by atoms with Crippen molar-refractivity contribution in [3.63, 3.8) is 0 Å². The van der Waals surface area contributed by atoms with Crippen LogP contribution in [0.2, 0.25) is 0 Å².